The van der Waals surface area contributed by atoms with Gasteiger partial charge in [-0.05, 0) is 25.7 Å². The van der Waals surface area contributed by atoms with Crippen molar-refractivity contribution < 1.29 is 14.7 Å². The number of carbonyl (C=O) groups excluding carboxylic acids is 1. The van der Waals surface area contributed by atoms with Gasteiger partial charge in [0.05, 0.1) is 0 Å². The summed E-state index contributed by atoms with van der Waals surface area (Å²) in [4.78, 5) is 21.5. The Morgan fingerprint density at radius 1 is 1.27 bits per heavy atom. The zero-order chi connectivity index (χ0) is 11.8. The van der Waals surface area contributed by atoms with E-state index in [1.807, 2.05) is 0 Å². The molecule has 0 heterocycles. The highest BCUT2D eigenvalue weighted by Gasteiger charge is 2.12. The lowest BCUT2D eigenvalue weighted by molar-refractivity contribution is -0.138. The number of aliphatic carboxylic acids is 1. The lowest BCUT2D eigenvalue weighted by Gasteiger charge is -2.11. The van der Waals surface area contributed by atoms with Crippen LogP contribution in [0, 0.1) is 5.92 Å². The maximum absolute atomic E-state index is 11.1. The van der Waals surface area contributed by atoms with Crippen molar-refractivity contribution in [2.75, 3.05) is 6.54 Å². The van der Waals surface area contributed by atoms with Gasteiger partial charge in [-0.15, -0.1) is 0 Å². The van der Waals surface area contributed by atoms with Gasteiger partial charge in [-0.25, -0.2) is 4.79 Å². The quantitative estimate of drug-likeness (QED) is 0.584. The van der Waals surface area contributed by atoms with Crippen LogP contribution in [-0.4, -0.2) is 29.7 Å². The van der Waals surface area contributed by atoms with Crippen molar-refractivity contribution in [3.05, 3.63) is 0 Å². The molecule has 0 aliphatic heterocycles. The van der Waals surface area contributed by atoms with Gasteiger partial charge in [0.15, 0.2) is 0 Å². The number of hydrogen-bond acceptors (Lipinski definition) is 2. The molecule has 0 saturated heterocycles. The molecule has 0 unspecified atom stereocenters. The van der Waals surface area contributed by atoms with Crippen LogP contribution in [0.25, 0.3) is 0 Å². The molecule has 0 saturated carbocycles. The summed E-state index contributed by atoms with van der Waals surface area (Å²) in [5.74, 6) is -0.417. The molecule has 0 aliphatic rings. The first-order valence-corrected chi connectivity index (χ1v) is 5.20. The van der Waals surface area contributed by atoms with Crippen molar-refractivity contribution in [1.82, 2.24) is 10.6 Å². The van der Waals surface area contributed by atoms with E-state index >= 15 is 0 Å². The van der Waals surface area contributed by atoms with E-state index in [1.54, 1.807) is 0 Å². The Bertz CT molecular complexity index is 217. The molecular formula is C10H20N2O3. The van der Waals surface area contributed by atoms with Crippen molar-refractivity contribution in [2.45, 2.75) is 39.7 Å². The lowest BCUT2D eigenvalue weighted by atomic mass is 10.1. The van der Waals surface area contributed by atoms with Crippen LogP contribution < -0.4 is 10.6 Å². The lowest BCUT2D eigenvalue weighted by Crippen LogP contribution is -2.44. The maximum atomic E-state index is 11.1. The second kappa shape index (κ2) is 7.09. The van der Waals surface area contributed by atoms with Crippen molar-refractivity contribution in [3.8, 4) is 0 Å². The maximum Gasteiger partial charge on any atom is 0.325 e. The van der Waals surface area contributed by atoms with Crippen LogP contribution in [0.5, 0.6) is 0 Å². The SMILES string of the molecule is CC(C)CCCNC(=O)N[C@@H](C)C(=O)O. The standard InChI is InChI=1S/C10H20N2O3/c1-7(2)5-4-6-11-10(15)12-8(3)9(13)14/h7-8H,4-6H2,1-3H3,(H,13,14)(H2,11,12,15)/t8-/m0/s1. The van der Waals surface area contributed by atoms with E-state index in [4.69, 9.17) is 5.11 Å². The van der Waals surface area contributed by atoms with Gasteiger partial charge in [-0.1, -0.05) is 13.8 Å². The van der Waals surface area contributed by atoms with Crippen molar-refractivity contribution in [2.24, 2.45) is 5.92 Å². The molecule has 3 N–H and O–H groups in total. The molecule has 0 aromatic rings. The third-order valence-electron chi connectivity index (χ3n) is 1.96. The molecule has 2 amide bonds. The normalized spacial score (nSPS) is 12.3. The van der Waals surface area contributed by atoms with Crippen LogP contribution in [-0.2, 0) is 4.79 Å². The number of carbonyl (C=O) groups is 2. The van der Waals surface area contributed by atoms with Gasteiger partial charge in [-0.3, -0.25) is 4.79 Å². The summed E-state index contributed by atoms with van der Waals surface area (Å²) in [5.41, 5.74) is 0. The molecule has 0 bridgehead atoms. The van der Waals surface area contributed by atoms with Crippen molar-refractivity contribution in [1.29, 1.82) is 0 Å². The Balaban J connectivity index is 3.54. The van der Waals surface area contributed by atoms with Gasteiger partial charge in [0.25, 0.3) is 0 Å². The second-order valence-corrected chi connectivity index (χ2v) is 4.00. The molecule has 0 aliphatic carbocycles. The fraction of sp³-hybridized carbons (Fsp3) is 0.800. The van der Waals surface area contributed by atoms with Crippen LogP contribution >= 0.6 is 0 Å². The topological polar surface area (TPSA) is 78.4 Å². The Morgan fingerprint density at radius 3 is 2.33 bits per heavy atom. The number of amides is 2. The summed E-state index contributed by atoms with van der Waals surface area (Å²) in [6, 6.07) is -1.27. The minimum absolute atomic E-state index is 0.423. The average molecular weight is 216 g/mol. The summed E-state index contributed by atoms with van der Waals surface area (Å²) in [5, 5.41) is 13.5. The van der Waals surface area contributed by atoms with E-state index in [9.17, 15) is 9.59 Å². The van der Waals surface area contributed by atoms with Gasteiger partial charge < -0.3 is 15.7 Å². The van der Waals surface area contributed by atoms with Crippen molar-refractivity contribution >= 4 is 12.0 Å². The highest BCUT2D eigenvalue weighted by molar-refractivity contribution is 5.82. The fourth-order valence-electron chi connectivity index (χ4n) is 1.02. The van der Waals surface area contributed by atoms with Gasteiger partial charge in [0.1, 0.15) is 6.04 Å². The van der Waals surface area contributed by atoms with Gasteiger partial charge in [-0.2, -0.15) is 0 Å². The molecule has 15 heavy (non-hydrogen) atoms. The smallest absolute Gasteiger partial charge is 0.325 e. The summed E-state index contributed by atoms with van der Waals surface area (Å²) in [6.07, 6.45) is 1.96. The zero-order valence-electron chi connectivity index (χ0n) is 9.54. The molecule has 0 rings (SSSR count). The van der Waals surface area contributed by atoms with E-state index < -0.39 is 18.0 Å². The molecule has 88 valence electrons. The monoisotopic (exact) mass is 216 g/mol. The summed E-state index contributed by atoms with van der Waals surface area (Å²) >= 11 is 0. The predicted molar refractivity (Wildman–Crippen MR) is 57.7 cm³/mol. The first-order valence-electron chi connectivity index (χ1n) is 5.20. The average Bonchev–Trinajstić information content (AvgIpc) is 2.12. The minimum atomic E-state index is -1.03. The fourth-order valence-corrected chi connectivity index (χ4v) is 1.02. The van der Waals surface area contributed by atoms with Gasteiger partial charge in [0, 0.05) is 6.54 Å². The molecule has 5 heteroatoms. The van der Waals surface area contributed by atoms with Gasteiger partial charge >= 0.3 is 12.0 Å². The molecule has 5 nitrogen and oxygen atoms in total. The largest absolute Gasteiger partial charge is 0.480 e. The summed E-state index contributed by atoms with van der Waals surface area (Å²) < 4.78 is 0. The predicted octanol–water partition coefficient (Wildman–Crippen LogP) is 1.19. The van der Waals surface area contributed by atoms with E-state index in [2.05, 4.69) is 24.5 Å². The Hall–Kier alpha value is -1.26. The van der Waals surface area contributed by atoms with Crippen LogP contribution in [0.1, 0.15) is 33.6 Å². The van der Waals surface area contributed by atoms with E-state index in [0.717, 1.165) is 12.8 Å². The number of carboxylic acids is 1. The number of hydrogen-bond donors (Lipinski definition) is 3. The van der Waals surface area contributed by atoms with E-state index in [-0.39, 0.29) is 0 Å². The van der Waals surface area contributed by atoms with Crippen LogP contribution in [0.3, 0.4) is 0 Å². The first kappa shape index (κ1) is 13.7. The van der Waals surface area contributed by atoms with Crippen molar-refractivity contribution in [3.63, 3.8) is 0 Å². The van der Waals surface area contributed by atoms with Crippen LogP contribution in [0.2, 0.25) is 0 Å². The molecule has 1 atom stereocenters. The highest BCUT2D eigenvalue weighted by Crippen LogP contribution is 2.01. The number of nitrogens with one attached hydrogen (secondary N) is 2. The molecule has 0 radical (unpaired) electrons. The molecule has 0 aromatic carbocycles. The van der Waals surface area contributed by atoms with E-state index in [1.165, 1.54) is 6.92 Å². The molecular weight excluding hydrogens is 196 g/mol. The molecule has 0 aromatic heterocycles. The first-order chi connectivity index (χ1) is 6.93. The summed E-state index contributed by atoms with van der Waals surface area (Å²) in [7, 11) is 0. The van der Waals surface area contributed by atoms with Crippen LogP contribution in [0.15, 0.2) is 0 Å². The van der Waals surface area contributed by atoms with E-state index in [0.29, 0.717) is 12.5 Å². The Kier molecular flexibility index (Phi) is 6.49. The third kappa shape index (κ3) is 7.78. The number of carboxylic acid groups (broad SMARTS) is 1. The van der Waals surface area contributed by atoms with Gasteiger partial charge in [0.2, 0.25) is 0 Å². The zero-order valence-corrected chi connectivity index (χ0v) is 9.54. The second-order valence-electron chi connectivity index (χ2n) is 4.00. The highest BCUT2D eigenvalue weighted by atomic mass is 16.4. The third-order valence-corrected chi connectivity index (χ3v) is 1.96. The minimum Gasteiger partial charge on any atom is -0.480 e. The Morgan fingerprint density at radius 2 is 1.87 bits per heavy atom. The number of rotatable bonds is 6. The molecule has 0 spiro atoms. The summed E-state index contributed by atoms with van der Waals surface area (Å²) in [6.45, 7) is 6.24. The van der Waals surface area contributed by atoms with Crippen LogP contribution in [0.4, 0.5) is 4.79 Å². The molecule has 0 fully saturated rings. The Labute approximate surface area is 90.2 Å². The number of urea groups is 1.